The summed E-state index contributed by atoms with van der Waals surface area (Å²) in [5.41, 5.74) is 3.18. The van der Waals surface area contributed by atoms with Gasteiger partial charge >= 0.3 is 0 Å². The third-order valence-corrected chi connectivity index (χ3v) is 3.20. The second-order valence-corrected chi connectivity index (χ2v) is 5.05. The van der Waals surface area contributed by atoms with Crippen LogP contribution in [0, 0.1) is 0 Å². The van der Waals surface area contributed by atoms with Crippen LogP contribution in [0.25, 0.3) is 0 Å². The van der Waals surface area contributed by atoms with E-state index in [1.54, 1.807) is 0 Å². The number of nitrogens with zero attached hydrogens (tertiary/aromatic N) is 1. The van der Waals surface area contributed by atoms with Gasteiger partial charge in [-0.25, -0.2) is 0 Å². The van der Waals surface area contributed by atoms with E-state index in [0.29, 0.717) is 0 Å². The first-order valence-corrected chi connectivity index (χ1v) is 5.59. The van der Waals surface area contributed by atoms with E-state index in [0.717, 1.165) is 19.6 Å². The second kappa shape index (κ2) is 3.95. The van der Waals surface area contributed by atoms with Gasteiger partial charge in [-0.15, -0.1) is 0 Å². The average molecular weight is 204 g/mol. The summed E-state index contributed by atoms with van der Waals surface area (Å²) in [4.78, 5) is 2.50. The van der Waals surface area contributed by atoms with Crippen LogP contribution in [-0.4, -0.2) is 24.0 Å². The summed E-state index contributed by atoms with van der Waals surface area (Å²) < 4.78 is 0. The van der Waals surface area contributed by atoms with Gasteiger partial charge in [-0.1, -0.05) is 24.3 Å². The smallest absolute Gasteiger partial charge is 0.0249 e. The lowest BCUT2D eigenvalue weighted by molar-refractivity contribution is 0.210. The molecule has 1 aliphatic heterocycles. The van der Waals surface area contributed by atoms with Crippen LogP contribution in [-0.2, 0) is 13.1 Å². The van der Waals surface area contributed by atoms with E-state index in [4.69, 9.17) is 0 Å². The molecule has 0 atom stereocenters. The SMILES string of the molecule is CNC(C)(C)CN1Cc2ccccc2C1. The Morgan fingerprint density at radius 3 is 2.20 bits per heavy atom. The van der Waals surface area contributed by atoms with Crippen LogP contribution >= 0.6 is 0 Å². The molecule has 0 radical (unpaired) electrons. The van der Waals surface area contributed by atoms with Crippen molar-refractivity contribution in [1.82, 2.24) is 10.2 Å². The number of nitrogens with one attached hydrogen (secondary N) is 1. The van der Waals surface area contributed by atoms with Crippen molar-refractivity contribution in [1.29, 1.82) is 0 Å². The van der Waals surface area contributed by atoms with Crippen molar-refractivity contribution >= 4 is 0 Å². The van der Waals surface area contributed by atoms with Crippen molar-refractivity contribution < 1.29 is 0 Å². The molecule has 2 rings (SSSR count). The van der Waals surface area contributed by atoms with E-state index < -0.39 is 0 Å². The van der Waals surface area contributed by atoms with Crippen LogP contribution in [0.15, 0.2) is 24.3 Å². The van der Waals surface area contributed by atoms with Crippen molar-refractivity contribution in [3.05, 3.63) is 35.4 Å². The van der Waals surface area contributed by atoms with E-state index in [-0.39, 0.29) is 5.54 Å². The molecule has 0 fully saturated rings. The molecule has 0 amide bonds. The van der Waals surface area contributed by atoms with Gasteiger partial charge in [0.05, 0.1) is 0 Å². The molecule has 15 heavy (non-hydrogen) atoms. The van der Waals surface area contributed by atoms with Gasteiger partial charge in [-0.3, -0.25) is 4.90 Å². The molecule has 0 aliphatic carbocycles. The standard InChI is InChI=1S/C13H20N2/c1-13(2,14-3)10-15-8-11-6-4-5-7-12(11)9-15/h4-7,14H,8-10H2,1-3H3. The Kier molecular flexibility index (Phi) is 2.81. The minimum Gasteiger partial charge on any atom is -0.314 e. The molecule has 0 unspecified atom stereocenters. The highest BCUT2D eigenvalue weighted by atomic mass is 15.2. The lowest BCUT2D eigenvalue weighted by Crippen LogP contribution is -2.45. The number of fused-ring (bicyclic) bond motifs is 1. The molecule has 82 valence electrons. The maximum absolute atomic E-state index is 3.35. The Morgan fingerprint density at radius 1 is 1.20 bits per heavy atom. The topological polar surface area (TPSA) is 15.3 Å². The lowest BCUT2D eigenvalue weighted by Gasteiger charge is -2.29. The Bertz CT molecular complexity index is 319. The molecule has 2 heteroatoms. The summed E-state index contributed by atoms with van der Waals surface area (Å²) in [7, 11) is 2.03. The third kappa shape index (κ3) is 2.39. The van der Waals surface area contributed by atoms with Gasteiger partial charge in [0, 0.05) is 25.2 Å². The Morgan fingerprint density at radius 2 is 1.73 bits per heavy atom. The minimum atomic E-state index is 0.196. The lowest BCUT2D eigenvalue weighted by atomic mass is 10.1. The van der Waals surface area contributed by atoms with Crippen LogP contribution in [0.3, 0.4) is 0 Å². The summed E-state index contributed by atoms with van der Waals surface area (Å²) >= 11 is 0. The fourth-order valence-electron chi connectivity index (χ4n) is 2.15. The summed E-state index contributed by atoms with van der Waals surface area (Å²) in [5.74, 6) is 0. The second-order valence-electron chi connectivity index (χ2n) is 5.05. The van der Waals surface area contributed by atoms with Crippen LogP contribution in [0.5, 0.6) is 0 Å². The van der Waals surface area contributed by atoms with Crippen molar-refractivity contribution in [2.24, 2.45) is 0 Å². The molecule has 1 aromatic rings. The van der Waals surface area contributed by atoms with E-state index >= 15 is 0 Å². The van der Waals surface area contributed by atoms with Gasteiger partial charge in [-0.2, -0.15) is 0 Å². The normalized spacial score (nSPS) is 16.7. The van der Waals surface area contributed by atoms with Crippen molar-refractivity contribution in [2.45, 2.75) is 32.5 Å². The van der Waals surface area contributed by atoms with E-state index in [1.165, 1.54) is 11.1 Å². The first-order valence-electron chi connectivity index (χ1n) is 5.59. The van der Waals surface area contributed by atoms with Gasteiger partial charge in [0.25, 0.3) is 0 Å². The predicted molar refractivity (Wildman–Crippen MR) is 63.7 cm³/mol. The van der Waals surface area contributed by atoms with Gasteiger partial charge < -0.3 is 5.32 Å². The maximum atomic E-state index is 3.35. The van der Waals surface area contributed by atoms with Crippen molar-refractivity contribution in [3.63, 3.8) is 0 Å². The third-order valence-electron chi connectivity index (χ3n) is 3.20. The van der Waals surface area contributed by atoms with Crippen LogP contribution in [0.1, 0.15) is 25.0 Å². The van der Waals surface area contributed by atoms with Gasteiger partial charge in [-0.05, 0) is 32.0 Å². The zero-order valence-corrected chi connectivity index (χ0v) is 9.88. The largest absolute Gasteiger partial charge is 0.314 e. The molecule has 1 aromatic carbocycles. The average Bonchev–Trinajstić information content (AvgIpc) is 2.58. The van der Waals surface area contributed by atoms with E-state index in [9.17, 15) is 0 Å². The summed E-state index contributed by atoms with van der Waals surface area (Å²) in [5, 5.41) is 3.35. The zero-order valence-electron chi connectivity index (χ0n) is 9.88. The highest BCUT2D eigenvalue weighted by molar-refractivity contribution is 5.30. The molecule has 0 aromatic heterocycles. The molecular weight excluding hydrogens is 184 g/mol. The number of hydrogen-bond donors (Lipinski definition) is 1. The first-order chi connectivity index (χ1) is 7.11. The fraction of sp³-hybridized carbons (Fsp3) is 0.538. The molecular formula is C13H20N2. The monoisotopic (exact) mass is 204 g/mol. The van der Waals surface area contributed by atoms with Gasteiger partial charge in [0.15, 0.2) is 0 Å². The molecule has 0 saturated carbocycles. The molecule has 1 aliphatic rings. The maximum Gasteiger partial charge on any atom is 0.0249 e. The number of likely N-dealkylation sites (N-methyl/N-ethyl adjacent to an activating group) is 1. The van der Waals surface area contributed by atoms with Crippen LogP contribution < -0.4 is 5.32 Å². The molecule has 0 spiro atoms. The van der Waals surface area contributed by atoms with Gasteiger partial charge in [0.1, 0.15) is 0 Å². The van der Waals surface area contributed by atoms with Gasteiger partial charge in [0.2, 0.25) is 0 Å². The first kappa shape index (κ1) is 10.7. The zero-order chi connectivity index (χ0) is 10.9. The minimum absolute atomic E-state index is 0.196. The van der Waals surface area contributed by atoms with E-state index in [1.807, 2.05) is 7.05 Å². The Balaban J connectivity index is 2.02. The van der Waals surface area contributed by atoms with Crippen molar-refractivity contribution in [3.8, 4) is 0 Å². The fourth-order valence-corrected chi connectivity index (χ4v) is 2.15. The van der Waals surface area contributed by atoms with Crippen LogP contribution in [0.4, 0.5) is 0 Å². The number of benzene rings is 1. The summed E-state index contributed by atoms with van der Waals surface area (Å²) in [6.07, 6.45) is 0. The Labute approximate surface area is 92.3 Å². The van der Waals surface area contributed by atoms with Crippen molar-refractivity contribution in [2.75, 3.05) is 13.6 Å². The predicted octanol–water partition coefficient (Wildman–Crippen LogP) is 2.00. The number of hydrogen-bond acceptors (Lipinski definition) is 2. The molecule has 1 N–H and O–H groups in total. The molecule has 1 heterocycles. The highest BCUT2D eigenvalue weighted by Crippen LogP contribution is 2.23. The highest BCUT2D eigenvalue weighted by Gasteiger charge is 2.24. The molecule has 0 saturated heterocycles. The summed E-state index contributed by atoms with van der Waals surface area (Å²) in [6, 6.07) is 8.74. The number of rotatable bonds is 3. The Hall–Kier alpha value is -0.860. The molecule has 2 nitrogen and oxygen atoms in total. The summed E-state index contributed by atoms with van der Waals surface area (Å²) in [6.45, 7) is 7.78. The molecule has 0 bridgehead atoms. The quantitative estimate of drug-likeness (QED) is 0.810. The van der Waals surface area contributed by atoms with E-state index in [2.05, 4.69) is 48.3 Å². The van der Waals surface area contributed by atoms with Crippen LogP contribution in [0.2, 0.25) is 0 Å².